The molecule has 0 radical (unpaired) electrons. The number of nitrogens with one attached hydrogen (secondary N) is 2. The summed E-state index contributed by atoms with van der Waals surface area (Å²) in [6.45, 7) is 3.44. The first kappa shape index (κ1) is 14.3. The van der Waals surface area contributed by atoms with Crippen molar-refractivity contribution in [1.82, 2.24) is 0 Å². The predicted molar refractivity (Wildman–Crippen MR) is 86.5 cm³/mol. The molecule has 2 aromatic carbocycles. The van der Waals surface area contributed by atoms with Gasteiger partial charge in [0.25, 0.3) is 0 Å². The molecule has 1 amide bonds. The van der Waals surface area contributed by atoms with Gasteiger partial charge in [-0.2, -0.15) is 0 Å². The highest BCUT2D eigenvalue weighted by Crippen LogP contribution is 2.27. The Hall–Kier alpha value is -2.62. The normalized spacial score (nSPS) is 16.0. The Morgan fingerprint density at radius 3 is 2.73 bits per heavy atom. The van der Waals surface area contributed by atoms with Gasteiger partial charge in [0, 0.05) is 17.4 Å². The summed E-state index contributed by atoms with van der Waals surface area (Å²) >= 11 is 0. The monoisotopic (exact) mass is 296 g/mol. The zero-order chi connectivity index (χ0) is 15.5. The molecule has 1 aliphatic rings. The number of halogens is 1. The van der Waals surface area contributed by atoms with Crippen LogP contribution < -0.4 is 10.6 Å². The number of hydrogen-bond acceptors (Lipinski definition) is 2. The van der Waals surface area contributed by atoms with E-state index in [2.05, 4.69) is 17.2 Å². The van der Waals surface area contributed by atoms with Gasteiger partial charge in [-0.3, -0.25) is 4.79 Å². The average molecular weight is 296 g/mol. The Balaban J connectivity index is 1.70. The standard InChI is InChI=1S/C18H17FN2O/c1-2-18(22)21-16-7-6-12-8-17(10-13(12)9-16)20-15-5-3-4-14(19)11-15/h2-7,9,11,17,20H,1,8,10H2,(H,21,22)/t17-/m0/s1. The number of rotatable bonds is 4. The molecule has 22 heavy (non-hydrogen) atoms. The van der Waals surface area contributed by atoms with Gasteiger partial charge in [0.2, 0.25) is 5.91 Å². The molecule has 1 aliphatic carbocycles. The second-order valence-electron chi connectivity index (χ2n) is 5.44. The van der Waals surface area contributed by atoms with Crippen molar-refractivity contribution in [3.8, 4) is 0 Å². The minimum atomic E-state index is -0.241. The minimum Gasteiger partial charge on any atom is -0.382 e. The van der Waals surface area contributed by atoms with Crippen LogP contribution >= 0.6 is 0 Å². The number of fused-ring (bicyclic) bond motifs is 1. The fraction of sp³-hybridized carbons (Fsp3) is 0.167. The lowest BCUT2D eigenvalue weighted by molar-refractivity contribution is -0.111. The topological polar surface area (TPSA) is 41.1 Å². The summed E-state index contributed by atoms with van der Waals surface area (Å²) in [5.74, 6) is -0.456. The van der Waals surface area contributed by atoms with Crippen LogP contribution in [-0.4, -0.2) is 11.9 Å². The fourth-order valence-corrected chi connectivity index (χ4v) is 2.81. The molecule has 4 heteroatoms. The maximum absolute atomic E-state index is 13.2. The molecule has 0 aromatic heterocycles. The summed E-state index contributed by atoms with van der Waals surface area (Å²) in [5, 5.41) is 6.12. The van der Waals surface area contributed by atoms with Crippen LogP contribution in [0.1, 0.15) is 11.1 Å². The Morgan fingerprint density at radius 1 is 1.14 bits per heavy atom. The molecule has 3 nitrogen and oxygen atoms in total. The van der Waals surface area contributed by atoms with Crippen molar-refractivity contribution < 1.29 is 9.18 Å². The number of carbonyl (C=O) groups is 1. The maximum Gasteiger partial charge on any atom is 0.247 e. The van der Waals surface area contributed by atoms with E-state index in [0.717, 1.165) is 24.2 Å². The third kappa shape index (κ3) is 3.17. The molecule has 0 heterocycles. The molecular formula is C18H17FN2O. The highest BCUT2D eigenvalue weighted by molar-refractivity contribution is 5.98. The highest BCUT2D eigenvalue weighted by atomic mass is 19.1. The van der Waals surface area contributed by atoms with E-state index in [1.54, 1.807) is 6.07 Å². The number of benzene rings is 2. The van der Waals surface area contributed by atoms with Gasteiger partial charge in [0.15, 0.2) is 0 Å². The average Bonchev–Trinajstić information content (AvgIpc) is 2.88. The molecule has 0 aliphatic heterocycles. The first-order valence-corrected chi connectivity index (χ1v) is 7.21. The molecule has 0 bridgehead atoms. The predicted octanol–water partition coefficient (Wildman–Crippen LogP) is 3.53. The Morgan fingerprint density at radius 2 is 1.95 bits per heavy atom. The molecule has 0 spiro atoms. The summed E-state index contributed by atoms with van der Waals surface area (Å²) in [6.07, 6.45) is 2.99. The molecule has 2 aromatic rings. The molecule has 0 fully saturated rings. The molecule has 0 unspecified atom stereocenters. The smallest absolute Gasteiger partial charge is 0.247 e. The van der Waals surface area contributed by atoms with Crippen molar-refractivity contribution in [2.45, 2.75) is 18.9 Å². The van der Waals surface area contributed by atoms with Gasteiger partial charge in [0.05, 0.1) is 0 Å². The molecule has 0 saturated heterocycles. The molecular weight excluding hydrogens is 279 g/mol. The molecule has 0 saturated carbocycles. The molecule has 2 N–H and O–H groups in total. The van der Waals surface area contributed by atoms with Crippen LogP contribution in [0, 0.1) is 5.82 Å². The van der Waals surface area contributed by atoms with Crippen molar-refractivity contribution in [1.29, 1.82) is 0 Å². The summed E-state index contributed by atoms with van der Waals surface area (Å²) in [6, 6.07) is 12.6. The van der Waals surface area contributed by atoms with E-state index in [-0.39, 0.29) is 17.8 Å². The molecule has 3 rings (SSSR count). The van der Waals surface area contributed by atoms with E-state index in [1.165, 1.54) is 29.3 Å². The summed E-state index contributed by atoms with van der Waals surface area (Å²) in [4.78, 5) is 11.3. The van der Waals surface area contributed by atoms with Crippen LogP contribution in [0.25, 0.3) is 0 Å². The van der Waals surface area contributed by atoms with Crippen molar-refractivity contribution in [2.75, 3.05) is 10.6 Å². The van der Waals surface area contributed by atoms with Crippen molar-refractivity contribution >= 4 is 17.3 Å². The van der Waals surface area contributed by atoms with Gasteiger partial charge >= 0.3 is 0 Å². The summed E-state index contributed by atoms with van der Waals surface area (Å²) in [5.41, 5.74) is 4.02. The van der Waals surface area contributed by atoms with Gasteiger partial charge in [-0.05, 0) is 60.4 Å². The number of amides is 1. The van der Waals surface area contributed by atoms with Crippen LogP contribution in [0.15, 0.2) is 55.1 Å². The van der Waals surface area contributed by atoms with Crippen molar-refractivity contribution in [2.24, 2.45) is 0 Å². The second kappa shape index (κ2) is 6.02. The lowest BCUT2D eigenvalue weighted by Gasteiger charge is -2.13. The van der Waals surface area contributed by atoms with E-state index >= 15 is 0 Å². The van der Waals surface area contributed by atoms with Gasteiger partial charge in [-0.15, -0.1) is 0 Å². The zero-order valence-corrected chi connectivity index (χ0v) is 12.1. The first-order valence-electron chi connectivity index (χ1n) is 7.21. The lowest BCUT2D eigenvalue weighted by atomic mass is 10.1. The Labute approximate surface area is 128 Å². The minimum absolute atomic E-state index is 0.215. The third-order valence-corrected chi connectivity index (χ3v) is 3.79. The number of carbonyl (C=O) groups excluding carboxylic acids is 1. The third-order valence-electron chi connectivity index (χ3n) is 3.79. The van der Waals surface area contributed by atoms with E-state index in [4.69, 9.17) is 0 Å². The van der Waals surface area contributed by atoms with Crippen LogP contribution in [0.3, 0.4) is 0 Å². The number of hydrogen-bond donors (Lipinski definition) is 2. The van der Waals surface area contributed by atoms with Crippen molar-refractivity contribution in [3.63, 3.8) is 0 Å². The Bertz CT molecular complexity index is 727. The van der Waals surface area contributed by atoms with E-state index in [9.17, 15) is 9.18 Å². The lowest BCUT2D eigenvalue weighted by Crippen LogP contribution is -2.19. The number of anilines is 2. The highest BCUT2D eigenvalue weighted by Gasteiger charge is 2.21. The van der Waals surface area contributed by atoms with Crippen LogP contribution in [0.4, 0.5) is 15.8 Å². The summed E-state index contributed by atoms with van der Waals surface area (Å²) in [7, 11) is 0. The van der Waals surface area contributed by atoms with E-state index in [1.807, 2.05) is 24.3 Å². The first-order chi connectivity index (χ1) is 10.6. The summed E-state index contributed by atoms with van der Waals surface area (Å²) < 4.78 is 13.2. The van der Waals surface area contributed by atoms with E-state index < -0.39 is 0 Å². The largest absolute Gasteiger partial charge is 0.382 e. The van der Waals surface area contributed by atoms with Gasteiger partial charge in [0.1, 0.15) is 5.82 Å². The molecule has 112 valence electrons. The van der Waals surface area contributed by atoms with Gasteiger partial charge in [-0.1, -0.05) is 18.7 Å². The fourth-order valence-electron chi connectivity index (χ4n) is 2.81. The van der Waals surface area contributed by atoms with Gasteiger partial charge in [-0.25, -0.2) is 4.39 Å². The SMILES string of the molecule is C=CC(=O)Nc1ccc2c(c1)C[C@@H](Nc1cccc(F)c1)C2. The van der Waals surface area contributed by atoms with Crippen LogP contribution in [0.5, 0.6) is 0 Å². The van der Waals surface area contributed by atoms with Crippen LogP contribution in [-0.2, 0) is 17.6 Å². The van der Waals surface area contributed by atoms with E-state index in [0.29, 0.717) is 0 Å². The van der Waals surface area contributed by atoms with Gasteiger partial charge < -0.3 is 10.6 Å². The van der Waals surface area contributed by atoms with Crippen LogP contribution in [0.2, 0.25) is 0 Å². The zero-order valence-electron chi connectivity index (χ0n) is 12.1. The Kier molecular flexibility index (Phi) is 3.92. The van der Waals surface area contributed by atoms with Crippen molar-refractivity contribution in [3.05, 3.63) is 72.1 Å². The maximum atomic E-state index is 13.2. The second-order valence-corrected chi connectivity index (χ2v) is 5.44. The molecule has 1 atom stereocenters. The quantitative estimate of drug-likeness (QED) is 0.847.